The SMILES string of the molecule is CC(C)Oc1ccc(NC(N)=NCC(O)COCC2CC2)cc1.I. The quantitative estimate of drug-likeness (QED) is 0.307. The average molecular weight is 449 g/mol. The summed E-state index contributed by atoms with van der Waals surface area (Å²) in [5.74, 6) is 1.77. The molecule has 0 radical (unpaired) electrons. The number of ether oxygens (including phenoxy) is 2. The lowest BCUT2D eigenvalue weighted by atomic mass is 10.3. The van der Waals surface area contributed by atoms with Gasteiger partial charge in [0.2, 0.25) is 0 Å². The zero-order valence-corrected chi connectivity index (χ0v) is 16.6. The number of aliphatic imine (C=N–C) groups is 1. The van der Waals surface area contributed by atoms with Gasteiger partial charge in [-0.05, 0) is 56.9 Å². The highest BCUT2D eigenvalue weighted by atomic mass is 127. The number of aliphatic hydroxyl groups excluding tert-OH is 1. The van der Waals surface area contributed by atoms with Crippen molar-refractivity contribution in [3.05, 3.63) is 24.3 Å². The fraction of sp³-hybridized carbons (Fsp3) is 0.588. The van der Waals surface area contributed by atoms with E-state index in [0.717, 1.165) is 18.0 Å². The minimum absolute atomic E-state index is 0. The van der Waals surface area contributed by atoms with E-state index in [1.54, 1.807) is 0 Å². The van der Waals surface area contributed by atoms with E-state index in [1.807, 2.05) is 38.1 Å². The van der Waals surface area contributed by atoms with Gasteiger partial charge in [0.05, 0.1) is 25.4 Å². The van der Waals surface area contributed by atoms with Crippen molar-refractivity contribution >= 4 is 35.6 Å². The number of anilines is 1. The largest absolute Gasteiger partial charge is 0.491 e. The van der Waals surface area contributed by atoms with Gasteiger partial charge in [-0.2, -0.15) is 0 Å². The summed E-state index contributed by atoms with van der Waals surface area (Å²) in [6.45, 7) is 5.22. The van der Waals surface area contributed by atoms with Gasteiger partial charge < -0.3 is 25.6 Å². The first-order chi connectivity index (χ1) is 11.0. The van der Waals surface area contributed by atoms with Crippen LogP contribution in [0.3, 0.4) is 0 Å². The lowest BCUT2D eigenvalue weighted by Crippen LogP contribution is -2.26. The number of nitrogens with two attached hydrogens (primary N) is 1. The van der Waals surface area contributed by atoms with Crippen LogP contribution >= 0.6 is 24.0 Å². The summed E-state index contributed by atoms with van der Waals surface area (Å²) < 4.78 is 11.0. The molecule has 0 aromatic heterocycles. The smallest absolute Gasteiger partial charge is 0.193 e. The van der Waals surface area contributed by atoms with Crippen LogP contribution in [0.15, 0.2) is 29.3 Å². The monoisotopic (exact) mass is 449 g/mol. The number of hydrogen-bond donors (Lipinski definition) is 3. The minimum atomic E-state index is -0.629. The van der Waals surface area contributed by atoms with Gasteiger partial charge in [0, 0.05) is 12.3 Å². The average Bonchev–Trinajstić information content (AvgIpc) is 3.31. The highest BCUT2D eigenvalue weighted by Gasteiger charge is 2.21. The Labute approximate surface area is 160 Å². The van der Waals surface area contributed by atoms with Crippen LogP contribution in [-0.4, -0.2) is 43.0 Å². The Morgan fingerprint density at radius 1 is 1.33 bits per heavy atom. The molecule has 24 heavy (non-hydrogen) atoms. The third-order valence-corrected chi connectivity index (χ3v) is 3.33. The lowest BCUT2D eigenvalue weighted by molar-refractivity contribution is 0.0369. The predicted octanol–water partition coefficient (Wildman–Crippen LogP) is 2.61. The van der Waals surface area contributed by atoms with Crippen LogP contribution in [0.25, 0.3) is 0 Å². The molecule has 0 amide bonds. The Morgan fingerprint density at radius 2 is 2.00 bits per heavy atom. The molecule has 7 heteroatoms. The molecule has 1 aliphatic carbocycles. The van der Waals surface area contributed by atoms with Crippen molar-refractivity contribution in [1.82, 2.24) is 0 Å². The van der Waals surface area contributed by atoms with Gasteiger partial charge in [0.25, 0.3) is 0 Å². The van der Waals surface area contributed by atoms with Gasteiger partial charge in [-0.1, -0.05) is 0 Å². The Morgan fingerprint density at radius 3 is 2.58 bits per heavy atom. The normalized spacial score (nSPS) is 15.8. The molecule has 1 saturated carbocycles. The van der Waals surface area contributed by atoms with E-state index in [9.17, 15) is 5.11 Å². The summed E-state index contributed by atoms with van der Waals surface area (Å²) in [6.07, 6.45) is 2.00. The molecule has 1 aliphatic rings. The number of benzene rings is 1. The van der Waals surface area contributed by atoms with Crippen LogP contribution in [0.2, 0.25) is 0 Å². The summed E-state index contributed by atoms with van der Waals surface area (Å²) >= 11 is 0. The van der Waals surface area contributed by atoms with E-state index < -0.39 is 6.10 Å². The fourth-order valence-corrected chi connectivity index (χ4v) is 1.99. The Kier molecular flexibility index (Phi) is 9.38. The van der Waals surface area contributed by atoms with Crippen molar-refractivity contribution in [2.75, 3.05) is 25.1 Å². The molecule has 0 saturated heterocycles. The first kappa shape index (κ1) is 21.0. The second kappa shape index (κ2) is 10.7. The Bertz CT molecular complexity index is 504. The highest BCUT2D eigenvalue weighted by Crippen LogP contribution is 2.28. The molecule has 4 N–H and O–H groups in total. The lowest BCUT2D eigenvalue weighted by Gasteiger charge is -2.12. The second-order valence-electron chi connectivity index (χ2n) is 6.18. The van der Waals surface area contributed by atoms with Gasteiger partial charge in [-0.15, -0.1) is 24.0 Å². The first-order valence-electron chi connectivity index (χ1n) is 8.12. The summed E-state index contributed by atoms with van der Waals surface area (Å²) in [5, 5.41) is 12.8. The topological polar surface area (TPSA) is 89.1 Å². The van der Waals surface area contributed by atoms with Crippen molar-refractivity contribution in [2.24, 2.45) is 16.6 Å². The standard InChI is InChI=1S/C17H27N3O3.HI/c1-12(2)23-16-7-5-14(6-8-16)20-17(18)19-9-15(21)11-22-10-13-3-4-13;/h5-8,12-13,15,21H,3-4,9-11H2,1-2H3,(H3,18,19,20);1H. The van der Waals surface area contributed by atoms with E-state index >= 15 is 0 Å². The minimum Gasteiger partial charge on any atom is -0.491 e. The van der Waals surface area contributed by atoms with Crippen molar-refractivity contribution in [3.8, 4) is 5.75 Å². The molecule has 0 aliphatic heterocycles. The number of nitrogens with zero attached hydrogens (tertiary/aromatic N) is 1. The number of aliphatic hydroxyl groups is 1. The van der Waals surface area contributed by atoms with Crippen LogP contribution in [0.5, 0.6) is 5.75 Å². The highest BCUT2D eigenvalue weighted by molar-refractivity contribution is 14.0. The van der Waals surface area contributed by atoms with E-state index in [1.165, 1.54) is 12.8 Å². The molecule has 6 nitrogen and oxygen atoms in total. The molecule has 0 spiro atoms. The molecule has 136 valence electrons. The number of halogens is 1. The van der Waals surface area contributed by atoms with E-state index in [-0.39, 0.29) is 42.6 Å². The van der Waals surface area contributed by atoms with Crippen LogP contribution in [0.1, 0.15) is 26.7 Å². The van der Waals surface area contributed by atoms with Crippen LogP contribution in [0, 0.1) is 5.92 Å². The molecule has 0 heterocycles. The van der Waals surface area contributed by atoms with E-state index in [0.29, 0.717) is 12.5 Å². The van der Waals surface area contributed by atoms with Crippen LogP contribution in [-0.2, 0) is 4.74 Å². The van der Waals surface area contributed by atoms with Crippen molar-refractivity contribution in [2.45, 2.75) is 38.9 Å². The van der Waals surface area contributed by atoms with Gasteiger partial charge >= 0.3 is 0 Å². The Balaban J connectivity index is 0.00000288. The molecule has 0 bridgehead atoms. The maximum Gasteiger partial charge on any atom is 0.193 e. The zero-order chi connectivity index (χ0) is 16.7. The zero-order valence-electron chi connectivity index (χ0n) is 14.3. The van der Waals surface area contributed by atoms with Crippen molar-refractivity contribution in [1.29, 1.82) is 0 Å². The molecular weight excluding hydrogens is 421 g/mol. The predicted molar refractivity (Wildman–Crippen MR) is 107 cm³/mol. The van der Waals surface area contributed by atoms with Gasteiger partial charge in [0.15, 0.2) is 5.96 Å². The second-order valence-corrected chi connectivity index (χ2v) is 6.18. The molecule has 1 aromatic carbocycles. The maximum atomic E-state index is 9.79. The fourth-order valence-electron chi connectivity index (χ4n) is 1.99. The van der Waals surface area contributed by atoms with E-state index in [2.05, 4.69) is 10.3 Å². The number of nitrogens with one attached hydrogen (secondary N) is 1. The number of guanidine groups is 1. The van der Waals surface area contributed by atoms with Crippen LogP contribution in [0.4, 0.5) is 5.69 Å². The molecule has 1 unspecified atom stereocenters. The number of hydrogen-bond acceptors (Lipinski definition) is 4. The summed E-state index contributed by atoms with van der Waals surface area (Å²) in [4.78, 5) is 4.13. The summed E-state index contributed by atoms with van der Waals surface area (Å²) in [6, 6.07) is 7.48. The van der Waals surface area contributed by atoms with Gasteiger partial charge in [0.1, 0.15) is 5.75 Å². The molecule has 1 fully saturated rings. The molecule has 1 atom stereocenters. The van der Waals surface area contributed by atoms with Gasteiger partial charge in [-0.3, -0.25) is 4.99 Å². The molecular formula is C17H28IN3O3. The molecule has 1 aromatic rings. The van der Waals surface area contributed by atoms with Crippen molar-refractivity contribution < 1.29 is 14.6 Å². The van der Waals surface area contributed by atoms with E-state index in [4.69, 9.17) is 15.2 Å². The molecule has 2 rings (SSSR count). The van der Waals surface area contributed by atoms with Crippen LogP contribution < -0.4 is 15.8 Å². The maximum absolute atomic E-state index is 9.79. The number of rotatable bonds is 9. The first-order valence-corrected chi connectivity index (χ1v) is 8.12. The third-order valence-electron chi connectivity index (χ3n) is 3.33. The third kappa shape index (κ3) is 8.70. The van der Waals surface area contributed by atoms with Gasteiger partial charge in [-0.25, -0.2) is 0 Å². The summed E-state index contributed by atoms with van der Waals surface area (Å²) in [5.41, 5.74) is 6.64. The van der Waals surface area contributed by atoms with Crippen molar-refractivity contribution in [3.63, 3.8) is 0 Å². The summed E-state index contributed by atoms with van der Waals surface area (Å²) in [7, 11) is 0. The Hall–Kier alpha value is -1.06.